The average Bonchev–Trinajstić information content (AvgIpc) is 3.25. The zero-order valence-corrected chi connectivity index (χ0v) is 19.7. The molecule has 4 aromatic rings. The Kier molecular flexibility index (Phi) is 7.06. The Morgan fingerprint density at radius 3 is 2.53 bits per heavy atom. The minimum Gasteiger partial charge on any atom is -0.484 e. The van der Waals surface area contributed by atoms with E-state index in [1.54, 1.807) is 15.6 Å². The number of amides is 1. The molecule has 0 radical (unpaired) electrons. The van der Waals surface area contributed by atoms with E-state index in [0.29, 0.717) is 42.3 Å². The van der Waals surface area contributed by atoms with E-state index in [4.69, 9.17) is 4.74 Å². The molecule has 0 bridgehead atoms. The summed E-state index contributed by atoms with van der Waals surface area (Å²) < 4.78 is 8.75. The monoisotopic (exact) mass is 459 g/mol. The molecule has 8 nitrogen and oxygen atoms in total. The molecular weight excluding hydrogens is 430 g/mol. The van der Waals surface area contributed by atoms with Crippen LogP contribution in [0.25, 0.3) is 11.0 Å². The van der Waals surface area contributed by atoms with Crippen molar-refractivity contribution in [1.29, 1.82) is 0 Å². The first-order valence-corrected chi connectivity index (χ1v) is 11.4. The zero-order chi connectivity index (χ0) is 24.1. The fourth-order valence-corrected chi connectivity index (χ4v) is 3.61. The van der Waals surface area contributed by atoms with Crippen molar-refractivity contribution in [2.45, 2.75) is 39.8 Å². The van der Waals surface area contributed by atoms with Gasteiger partial charge in [-0.2, -0.15) is 5.10 Å². The number of fused-ring (bicyclic) bond motifs is 1. The lowest BCUT2D eigenvalue weighted by Crippen LogP contribution is -2.31. The van der Waals surface area contributed by atoms with Crippen molar-refractivity contribution in [3.8, 4) is 5.75 Å². The molecule has 0 atom stereocenters. The molecule has 0 spiro atoms. The van der Waals surface area contributed by atoms with Crippen molar-refractivity contribution in [2.24, 2.45) is 0 Å². The first-order valence-electron chi connectivity index (χ1n) is 11.4. The fourth-order valence-electron chi connectivity index (χ4n) is 3.61. The second-order valence-electron chi connectivity index (χ2n) is 8.63. The largest absolute Gasteiger partial charge is 0.484 e. The first-order chi connectivity index (χ1) is 16.4. The molecule has 0 aliphatic heterocycles. The van der Waals surface area contributed by atoms with Gasteiger partial charge in [0, 0.05) is 6.54 Å². The number of rotatable bonds is 9. The summed E-state index contributed by atoms with van der Waals surface area (Å²) in [6, 6.07) is 15.8. The predicted octanol–water partition coefficient (Wildman–Crippen LogP) is 3.27. The number of nitrogens with one attached hydrogen (secondary N) is 1. The molecule has 0 fully saturated rings. The summed E-state index contributed by atoms with van der Waals surface area (Å²) in [7, 11) is 0. The van der Waals surface area contributed by atoms with E-state index in [-0.39, 0.29) is 18.1 Å². The molecule has 4 rings (SSSR count). The van der Waals surface area contributed by atoms with Gasteiger partial charge in [-0.05, 0) is 36.1 Å². The zero-order valence-electron chi connectivity index (χ0n) is 19.7. The Morgan fingerprint density at radius 1 is 1.09 bits per heavy atom. The van der Waals surface area contributed by atoms with Crippen molar-refractivity contribution < 1.29 is 9.53 Å². The van der Waals surface area contributed by atoms with Crippen LogP contribution in [0.3, 0.4) is 0 Å². The van der Waals surface area contributed by atoms with Gasteiger partial charge in [0.2, 0.25) is 0 Å². The van der Waals surface area contributed by atoms with E-state index >= 15 is 0 Å². The molecule has 0 aliphatic rings. The second-order valence-corrected chi connectivity index (χ2v) is 8.63. The van der Waals surface area contributed by atoms with Gasteiger partial charge in [0.05, 0.1) is 19.3 Å². The van der Waals surface area contributed by atoms with Gasteiger partial charge < -0.3 is 10.1 Å². The van der Waals surface area contributed by atoms with Gasteiger partial charge in [0.25, 0.3) is 11.5 Å². The summed E-state index contributed by atoms with van der Waals surface area (Å²) in [5.41, 5.74) is 3.78. The summed E-state index contributed by atoms with van der Waals surface area (Å²) >= 11 is 0. The van der Waals surface area contributed by atoms with Gasteiger partial charge in [-0.15, -0.1) is 0 Å². The van der Waals surface area contributed by atoms with Crippen LogP contribution in [0.4, 0.5) is 0 Å². The Balaban J connectivity index is 1.31. The first kappa shape index (κ1) is 23.2. The normalized spacial score (nSPS) is 11.2. The molecule has 0 saturated carbocycles. The smallest absolute Gasteiger partial charge is 0.264 e. The number of carbonyl (C=O) groups excluding carboxylic acids is 1. The van der Waals surface area contributed by atoms with E-state index < -0.39 is 0 Å². The van der Waals surface area contributed by atoms with Crippen LogP contribution < -0.4 is 15.6 Å². The third-order valence-corrected chi connectivity index (χ3v) is 5.66. The molecule has 0 unspecified atom stereocenters. The van der Waals surface area contributed by atoms with Crippen molar-refractivity contribution in [3.05, 3.63) is 88.1 Å². The Labute approximate surface area is 198 Å². The van der Waals surface area contributed by atoms with Gasteiger partial charge in [-0.3, -0.25) is 14.2 Å². The molecule has 1 amide bonds. The molecule has 176 valence electrons. The van der Waals surface area contributed by atoms with Crippen LogP contribution in [0.1, 0.15) is 36.5 Å². The van der Waals surface area contributed by atoms with Crippen molar-refractivity contribution in [1.82, 2.24) is 24.6 Å². The van der Waals surface area contributed by atoms with Crippen LogP contribution >= 0.6 is 0 Å². The van der Waals surface area contributed by atoms with Crippen LogP contribution in [-0.4, -0.2) is 38.4 Å². The summed E-state index contributed by atoms with van der Waals surface area (Å²) in [5.74, 6) is 0.878. The summed E-state index contributed by atoms with van der Waals surface area (Å²) in [5, 5.41) is 7.55. The minimum atomic E-state index is -0.224. The molecular formula is C26H29N5O3. The van der Waals surface area contributed by atoms with Gasteiger partial charge in [-0.25, -0.2) is 9.67 Å². The molecule has 1 N–H and O–H groups in total. The minimum absolute atomic E-state index is 0.0666. The predicted molar refractivity (Wildman–Crippen MR) is 131 cm³/mol. The standard InChI is InChI=1S/C26H29N5O3/c1-18(2)21-8-10-22(11-9-21)34-16-24(32)27-12-13-31-25-23(14-29-31)26(33)30(17-28-25)15-20-6-4-19(3)5-7-20/h4-11,14,17-18H,12-13,15-16H2,1-3H3,(H,27,32). The van der Waals surface area contributed by atoms with Crippen LogP contribution in [0, 0.1) is 6.92 Å². The number of ether oxygens (including phenoxy) is 1. The lowest BCUT2D eigenvalue weighted by atomic mass is 10.0. The van der Waals surface area contributed by atoms with Crippen molar-refractivity contribution in [3.63, 3.8) is 0 Å². The van der Waals surface area contributed by atoms with Gasteiger partial charge in [0.15, 0.2) is 12.3 Å². The van der Waals surface area contributed by atoms with E-state index in [0.717, 1.165) is 5.56 Å². The van der Waals surface area contributed by atoms with Crippen molar-refractivity contribution >= 4 is 16.9 Å². The highest BCUT2D eigenvalue weighted by molar-refractivity contribution is 5.77. The Hall–Kier alpha value is -3.94. The van der Waals surface area contributed by atoms with E-state index in [9.17, 15) is 9.59 Å². The SMILES string of the molecule is Cc1ccc(Cn2cnc3c(cnn3CCNC(=O)COc3ccc(C(C)C)cc3)c2=O)cc1. The lowest BCUT2D eigenvalue weighted by Gasteiger charge is -2.10. The highest BCUT2D eigenvalue weighted by Crippen LogP contribution is 2.18. The number of nitrogens with zero attached hydrogens (tertiary/aromatic N) is 4. The molecule has 0 aliphatic carbocycles. The maximum absolute atomic E-state index is 12.9. The van der Waals surface area contributed by atoms with Crippen molar-refractivity contribution in [2.75, 3.05) is 13.2 Å². The Morgan fingerprint density at radius 2 is 1.82 bits per heavy atom. The summed E-state index contributed by atoms with van der Waals surface area (Å²) in [4.78, 5) is 29.4. The molecule has 2 aromatic heterocycles. The van der Waals surface area contributed by atoms with Crippen LogP contribution in [0.2, 0.25) is 0 Å². The summed E-state index contributed by atoms with van der Waals surface area (Å²) in [6.07, 6.45) is 3.07. The Bertz CT molecular complexity index is 1320. The topological polar surface area (TPSA) is 91.0 Å². The number of aryl methyl sites for hydroxylation is 1. The molecule has 34 heavy (non-hydrogen) atoms. The maximum atomic E-state index is 12.9. The molecule has 8 heteroatoms. The molecule has 0 saturated heterocycles. The number of hydrogen-bond acceptors (Lipinski definition) is 5. The molecule has 2 heterocycles. The third-order valence-electron chi connectivity index (χ3n) is 5.66. The van der Waals surface area contributed by atoms with E-state index in [2.05, 4.69) is 29.2 Å². The number of hydrogen-bond donors (Lipinski definition) is 1. The fraction of sp³-hybridized carbons (Fsp3) is 0.308. The second kappa shape index (κ2) is 10.3. The molecule has 2 aromatic carbocycles. The number of aromatic nitrogens is 4. The van der Waals surface area contributed by atoms with Gasteiger partial charge in [0.1, 0.15) is 17.5 Å². The van der Waals surface area contributed by atoms with Crippen LogP contribution in [0.5, 0.6) is 5.75 Å². The van der Waals surface area contributed by atoms with Crippen LogP contribution in [-0.2, 0) is 17.9 Å². The lowest BCUT2D eigenvalue weighted by molar-refractivity contribution is -0.123. The van der Waals surface area contributed by atoms with Gasteiger partial charge in [-0.1, -0.05) is 55.8 Å². The highest BCUT2D eigenvalue weighted by Gasteiger charge is 2.11. The average molecular weight is 460 g/mol. The highest BCUT2D eigenvalue weighted by atomic mass is 16.5. The van der Waals surface area contributed by atoms with Gasteiger partial charge >= 0.3 is 0 Å². The van der Waals surface area contributed by atoms with E-state index in [1.807, 2.05) is 55.5 Å². The third kappa shape index (κ3) is 5.51. The summed E-state index contributed by atoms with van der Waals surface area (Å²) in [6.45, 7) is 7.41. The quantitative estimate of drug-likeness (QED) is 0.415. The number of benzene rings is 2. The van der Waals surface area contributed by atoms with E-state index in [1.165, 1.54) is 17.3 Å². The number of carbonyl (C=O) groups is 1. The maximum Gasteiger partial charge on any atom is 0.264 e. The van der Waals surface area contributed by atoms with Crippen LogP contribution in [0.15, 0.2) is 65.8 Å².